The lowest BCUT2D eigenvalue weighted by atomic mass is 10.1. The maximum Gasteiger partial charge on any atom is 0.250 e. The van der Waals surface area contributed by atoms with Crippen molar-refractivity contribution in [2.75, 3.05) is 19.5 Å². The molecule has 31 heavy (non-hydrogen) atoms. The molecular formula is C21H21ClN2O5S2. The molecule has 0 bridgehead atoms. The van der Waals surface area contributed by atoms with Crippen LogP contribution in [0.5, 0.6) is 11.5 Å². The molecule has 0 radical (unpaired) electrons. The second-order valence-electron chi connectivity index (χ2n) is 6.47. The van der Waals surface area contributed by atoms with E-state index in [9.17, 15) is 13.2 Å². The van der Waals surface area contributed by atoms with Gasteiger partial charge in [-0.15, -0.1) is 11.3 Å². The third-order valence-electron chi connectivity index (χ3n) is 4.39. The number of methoxy groups -OCH3 is 2. The topological polar surface area (TPSA) is 93.7 Å². The van der Waals surface area contributed by atoms with Crippen LogP contribution in [0.4, 0.5) is 5.69 Å². The molecule has 0 aliphatic carbocycles. The van der Waals surface area contributed by atoms with E-state index < -0.39 is 22.0 Å². The van der Waals surface area contributed by atoms with E-state index in [1.54, 1.807) is 17.5 Å². The first-order chi connectivity index (χ1) is 14.8. The van der Waals surface area contributed by atoms with E-state index in [1.807, 2.05) is 30.3 Å². The molecule has 0 spiro atoms. The molecule has 2 N–H and O–H groups in total. The molecule has 0 fully saturated rings. The van der Waals surface area contributed by atoms with Crippen molar-refractivity contribution < 1.29 is 22.7 Å². The number of anilines is 1. The van der Waals surface area contributed by atoms with Crippen LogP contribution in [0.25, 0.3) is 0 Å². The van der Waals surface area contributed by atoms with Crippen LogP contribution in [0, 0.1) is 0 Å². The Hall–Kier alpha value is -2.59. The van der Waals surface area contributed by atoms with Gasteiger partial charge in [-0.25, -0.2) is 8.42 Å². The first-order valence-corrected chi connectivity index (χ1v) is 11.9. The zero-order valence-electron chi connectivity index (χ0n) is 16.8. The van der Waals surface area contributed by atoms with Crippen LogP contribution in [0.1, 0.15) is 5.56 Å². The van der Waals surface area contributed by atoms with Gasteiger partial charge in [0.25, 0.3) is 10.0 Å². The summed E-state index contributed by atoms with van der Waals surface area (Å²) in [5, 5.41) is 4.65. The van der Waals surface area contributed by atoms with Gasteiger partial charge in [0, 0.05) is 6.07 Å². The van der Waals surface area contributed by atoms with Crippen molar-refractivity contribution in [3.63, 3.8) is 0 Å². The van der Waals surface area contributed by atoms with Crippen LogP contribution < -0.4 is 19.5 Å². The predicted octanol–water partition coefficient (Wildman–Crippen LogP) is 3.95. The minimum Gasteiger partial charge on any atom is -0.495 e. The molecular weight excluding hydrogens is 460 g/mol. The van der Waals surface area contributed by atoms with Crippen LogP contribution in [0.15, 0.2) is 64.2 Å². The molecule has 1 aromatic heterocycles. The first-order valence-electron chi connectivity index (χ1n) is 9.16. The van der Waals surface area contributed by atoms with Gasteiger partial charge in [-0.1, -0.05) is 48.0 Å². The number of carbonyl (C=O) groups is 1. The Labute approximate surface area is 190 Å². The third-order valence-corrected chi connectivity index (χ3v) is 7.55. The lowest BCUT2D eigenvalue weighted by molar-refractivity contribution is -0.117. The molecule has 1 heterocycles. The molecule has 7 nitrogen and oxygen atoms in total. The maximum absolute atomic E-state index is 13.1. The highest BCUT2D eigenvalue weighted by Gasteiger charge is 2.27. The fraction of sp³-hybridized carbons (Fsp3) is 0.190. The van der Waals surface area contributed by atoms with Crippen LogP contribution in [0.3, 0.4) is 0 Å². The fourth-order valence-electron chi connectivity index (χ4n) is 2.88. The smallest absolute Gasteiger partial charge is 0.250 e. The standard InChI is InChI=1S/C21H21ClN2O5S2/c1-28-18-13-19(29-2)16(12-15(18)22)23-21(25)17(11-14-7-4-3-5-8-14)24-31(26,27)20-9-6-10-30-20/h3-10,12-13,17,24H,11H2,1-2H3,(H,23,25). The van der Waals surface area contributed by atoms with Gasteiger partial charge in [0.1, 0.15) is 21.8 Å². The Kier molecular flexibility index (Phi) is 7.55. The van der Waals surface area contributed by atoms with Gasteiger partial charge < -0.3 is 14.8 Å². The lowest BCUT2D eigenvalue weighted by Crippen LogP contribution is -2.45. The molecule has 2 aromatic carbocycles. The highest BCUT2D eigenvalue weighted by molar-refractivity contribution is 7.91. The number of amides is 1. The molecule has 0 saturated carbocycles. The minimum atomic E-state index is -3.88. The van der Waals surface area contributed by atoms with E-state index in [2.05, 4.69) is 10.0 Å². The number of nitrogens with one attached hydrogen (secondary N) is 2. The number of carbonyl (C=O) groups excluding carboxylic acids is 1. The van der Waals surface area contributed by atoms with E-state index in [0.717, 1.165) is 16.9 Å². The van der Waals surface area contributed by atoms with Crippen molar-refractivity contribution in [3.8, 4) is 11.5 Å². The quantitative estimate of drug-likeness (QED) is 0.483. The number of ether oxygens (including phenoxy) is 2. The summed E-state index contributed by atoms with van der Waals surface area (Å²) in [6, 6.07) is 14.2. The normalized spacial score (nSPS) is 12.2. The maximum atomic E-state index is 13.1. The van der Waals surface area contributed by atoms with Crippen molar-refractivity contribution in [2.24, 2.45) is 0 Å². The molecule has 1 unspecified atom stereocenters. The predicted molar refractivity (Wildman–Crippen MR) is 122 cm³/mol. The number of halogens is 1. The molecule has 1 atom stereocenters. The number of sulfonamides is 1. The Morgan fingerprint density at radius 1 is 1.06 bits per heavy atom. The van der Waals surface area contributed by atoms with Crippen molar-refractivity contribution >= 4 is 44.6 Å². The fourth-order valence-corrected chi connectivity index (χ4v) is 5.32. The summed E-state index contributed by atoms with van der Waals surface area (Å²) in [4.78, 5) is 13.1. The van der Waals surface area contributed by atoms with Crippen molar-refractivity contribution in [1.29, 1.82) is 0 Å². The van der Waals surface area contributed by atoms with E-state index in [4.69, 9.17) is 21.1 Å². The number of benzene rings is 2. The molecule has 3 aromatic rings. The van der Waals surface area contributed by atoms with Crippen LogP contribution >= 0.6 is 22.9 Å². The zero-order valence-corrected chi connectivity index (χ0v) is 19.2. The molecule has 1 amide bonds. The van der Waals surface area contributed by atoms with Crippen molar-refractivity contribution in [2.45, 2.75) is 16.7 Å². The van der Waals surface area contributed by atoms with E-state index in [1.165, 1.54) is 26.4 Å². The largest absolute Gasteiger partial charge is 0.495 e. The van der Waals surface area contributed by atoms with E-state index in [-0.39, 0.29) is 15.7 Å². The van der Waals surface area contributed by atoms with Crippen LogP contribution in [-0.2, 0) is 21.2 Å². The number of hydrogen-bond acceptors (Lipinski definition) is 6. The van der Waals surface area contributed by atoms with Crippen LogP contribution in [-0.4, -0.2) is 34.6 Å². The first kappa shape index (κ1) is 23.1. The molecule has 0 aliphatic heterocycles. The third kappa shape index (κ3) is 5.76. The summed E-state index contributed by atoms with van der Waals surface area (Å²) in [5.74, 6) is 0.161. The average molecular weight is 481 g/mol. The second-order valence-corrected chi connectivity index (χ2v) is 9.77. The molecule has 164 valence electrons. The second kappa shape index (κ2) is 10.1. The van der Waals surface area contributed by atoms with Gasteiger partial charge in [-0.2, -0.15) is 4.72 Å². The molecule has 3 rings (SSSR count). The SMILES string of the molecule is COc1cc(OC)c(NC(=O)C(Cc2ccccc2)NS(=O)(=O)c2cccs2)cc1Cl. The van der Waals surface area contributed by atoms with E-state index in [0.29, 0.717) is 17.2 Å². The summed E-state index contributed by atoms with van der Waals surface area (Å²) < 4.78 is 38.7. The van der Waals surface area contributed by atoms with Crippen molar-refractivity contribution in [1.82, 2.24) is 4.72 Å². The average Bonchev–Trinajstić information content (AvgIpc) is 3.30. The highest BCUT2D eigenvalue weighted by atomic mass is 35.5. The molecule has 0 aliphatic rings. The van der Waals surface area contributed by atoms with Gasteiger partial charge in [0.05, 0.1) is 24.9 Å². The Balaban J connectivity index is 1.90. The van der Waals surface area contributed by atoms with Gasteiger partial charge in [-0.05, 0) is 29.5 Å². The Morgan fingerprint density at radius 2 is 1.77 bits per heavy atom. The molecule has 0 saturated heterocycles. The Bertz CT molecular complexity index is 1140. The molecule has 10 heteroatoms. The number of thiophene rings is 1. The summed E-state index contributed by atoms with van der Waals surface area (Å²) >= 11 is 7.26. The van der Waals surface area contributed by atoms with Gasteiger partial charge in [-0.3, -0.25) is 4.79 Å². The van der Waals surface area contributed by atoms with Crippen molar-refractivity contribution in [3.05, 3.63) is 70.6 Å². The summed E-state index contributed by atoms with van der Waals surface area (Å²) in [6.07, 6.45) is 0.156. The monoisotopic (exact) mass is 480 g/mol. The number of hydrogen-bond donors (Lipinski definition) is 2. The number of rotatable bonds is 9. The van der Waals surface area contributed by atoms with Gasteiger partial charge in [0.15, 0.2) is 0 Å². The van der Waals surface area contributed by atoms with Gasteiger partial charge in [0.2, 0.25) is 5.91 Å². The minimum absolute atomic E-state index is 0.128. The summed E-state index contributed by atoms with van der Waals surface area (Å²) in [6.45, 7) is 0. The van der Waals surface area contributed by atoms with Gasteiger partial charge >= 0.3 is 0 Å². The summed E-state index contributed by atoms with van der Waals surface area (Å²) in [5.41, 5.74) is 1.10. The van der Waals surface area contributed by atoms with Crippen LogP contribution in [0.2, 0.25) is 5.02 Å². The Morgan fingerprint density at radius 3 is 2.39 bits per heavy atom. The van der Waals surface area contributed by atoms with E-state index >= 15 is 0 Å². The summed E-state index contributed by atoms with van der Waals surface area (Å²) in [7, 11) is -0.968. The highest BCUT2D eigenvalue weighted by Crippen LogP contribution is 2.36. The lowest BCUT2D eigenvalue weighted by Gasteiger charge is -2.20. The zero-order chi connectivity index (χ0) is 22.4.